The Morgan fingerprint density at radius 2 is 2.04 bits per heavy atom. The molecule has 1 unspecified atom stereocenters. The molecule has 0 saturated carbocycles. The van der Waals surface area contributed by atoms with Gasteiger partial charge in [-0.1, -0.05) is 46.3 Å². The third kappa shape index (κ3) is 6.09. The highest BCUT2D eigenvalue weighted by atomic mass is 79.9. The molecule has 0 spiro atoms. The minimum atomic E-state index is -0.519. The van der Waals surface area contributed by atoms with Gasteiger partial charge in [0.25, 0.3) is 0 Å². The van der Waals surface area contributed by atoms with Crippen molar-refractivity contribution in [1.29, 1.82) is 0 Å². The van der Waals surface area contributed by atoms with Gasteiger partial charge in [-0.2, -0.15) is 0 Å². The summed E-state index contributed by atoms with van der Waals surface area (Å²) in [6.45, 7) is 1.32. The summed E-state index contributed by atoms with van der Waals surface area (Å²) < 4.78 is 26.1. The fourth-order valence-electron chi connectivity index (χ4n) is 3.19. The van der Waals surface area contributed by atoms with E-state index in [1.165, 1.54) is 18.2 Å². The van der Waals surface area contributed by atoms with Crippen LogP contribution in [0.5, 0.6) is 0 Å². The van der Waals surface area contributed by atoms with Gasteiger partial charge in [-0.3, -0.25) is 4.79 Å². The average Bonchev–Trinajstić information content (AvgIpc) is 2.73. The van der Waals surface area contributed by atoms with Crippen molar-refractivity contribution in [3.05, 3.63) is 76.0 Å². The van der Waals surface area contributed by atoms with Gasteiger partial charge in [0, 0.05) is 11.1 Å². The zero-order chi connectivity index (χ0) is 19.8. The zero-order valence-electron chi connectivity index (χ0n) is 15.7. The van der Waals surface area contributed by atoms with Crippen LogP contribution in [-0.2, 0) is 9.47 Å². The van der Waals surface area contributed by atoms with E-state index in [1.807, 2.05) is 30.3 Å². The van der Waals surface area contributed by atoms with Gasteiger partial charge in [-0.25, -0.2) is 4.39 Å². The first-order valence-corrected chi connectivity index (χ1v) is 10.4. The van der Waals surface area contributed by atoms with E-state index in [0.717, 1.165) is 43.4 Å². The number of hydrogen-bond donors (Lipinski definition) is 0. The van der Waals surface area contributed by atoms with Gasteiger partial charge in [0.2, 0.25) is 0 Å². The van der Waals surface area contributed by atoms with Gasteiger partial charge in [0.05, 0.1) is 12.2 Å². The Morgan fingerprint density at radius 1 is 1.21 bits per heavy atom. The van der Waals surface area contributed by atoms with Crippen molar-refractivity contribution in [2.24, 2.45) is 0 Å². The topological polar surface area (TPSA) is 35.5 Å². The molecule has 0 aliphatic carbocycles. The van der Waals surface area contributed by atoms with Crippen LogP contribution < -0.4 is 0 Å². The molecule has 0 bridgehead atoms. The molecule has 1 aliphatic heterocycles. The molecule has 0 amide bonds. The van der Waals surface area contributed by atoms with E-state index in [9.17, 15) is 9.18 Å². The van der Waals surface area contributed by atoms with Crippen LogP contribution in [0.25, 0.3) is 5.57 Å². The molecule has 0 N–H and O–H groups in total. The molecule has 3 rings (SSSR count). The Balaban J connectivity index is 1.69. The van der Waals surface area contributed by atoms with Gasteiger partial charge in [0.15, 0.2) is 12.1 Å². The van der Waals surface area contributed by atoms with E-state index in [0.29, 0.717) is 17.5 Å². The molecular weight excluding hydrogens is 423 g/mol. The van der Waals surface area contributed by atoms with E-state index in [-0.39, 0.29) is 17.6 Å². The summed E-state index contributed by atoms with van der Waals surface area (Å²) in [6.07, 6.45) is 6.00. The molecule has 148 valence electrons. The van der Waals surface area contributed by atoms with E-state index < -0.39 is 5.82 Å². The Labute approximate surface area is 173 Å². The van der Waals surface area contributed by atoms with Crippen molar-refractivity contribution in [2.75, 3.05) is 13.2 Å². The maximum atomic E-state index is 14.1. The lowest BCUT2D eigenvalue weighted by Crippen LogP contribution is -2.22. The van der Waals surface area contributed by atoms with Crippen molar-refractivity contribution >= 4 is 27.3 Å². The lowest BCUT2D eigenvalue weighted by molar-refractivity contribution is -0.162. The van der Waals surface area contributed by atoms with Crippen LogP contribution in [0.4, 0.5) is 4.39 Å². The SMILES string of the molecule is O=C(C=C(CCCOC1CCCCO1)c1ccccc1)c1cc(Br)ccc1F. The summed E-state index contributed by atoms with van der Waals surface area (Å²) in [6, 6.07) is 14.1. The third-order valence-corrected chi connectivity index (χ3v) is 5.17. The smallest absolute Gasteiger partial charge is 0.189 e. The van der Waals surface area contributed by atoms with Gasteiger partial charge in [-0.15, -0.1) is 0 Å². The predicted molar refractivity (Wildman–Crippen MR) is 112 cm³/mol. The van der Waals surface area contributed by atoms with Crippen LogP contribution in [0.3, 0.4) is 0 Å². The van der Waals surface area contributed by atoms with Gasteiger partial charge < -0.3 is 9.47 Å². The fourth-order valence-corrected chi connectivity index (χ4v) is 3.56. The monoisotopic (exact) mass is 446 g/mol. The van der Waals surface area contributed by atoms with Crippen molar-refractivity contribution in [2.45, 2.75) is 38.4 Å². The average molecular weight is 447 g/mol. The molecule has 1 saturated heterocycles. The molecular formula is C23H24BrFO3. The third-order valence-electron chi connectivity index (χ3n) is 4.68. The second-order valence-electron chi connectivity index (χ2n) is 6.79. The van der Waals surface area contributed by atoms with Crippen LogP contribution in [0.2, 0.25) is 0 Å². The molecule has 5 heteroatoms. The zero-order valence-corrected chi connectivity index (χ0v) is 17.3. The molecule has 0 aromatic heterocycles. The quantitative estimate of drug-likeness (QED) is 0.276. The first-order chi connectivity index (χ1) is 13.6. The highest BCUT2D eigenvalue weighted by Gasteiger charge is 2.15. The normalized spacial score (nSPS) is 17.5. The Kier molecular flexibility index (Phi) is 7.95. The summed E-state index contributed by atoms with van der Waals surface area (Å²) in [5, 5.41) is 0. The number of ether oxygens (including phenoxy) is 2. The number of rotatable bonds is 8. The van der Waals surface area contributed by atoms with Gasteiger partial charge in [-0.05, 0) is 67.5 Å². The minimum Gasteiger partial charge on any atom is -0.353 e. The first-order valence-electron chi connectivity index (χ1n) is 9.62. The van der Waals surface area contributed by atoms with E-state index >= 15 is 0 Å². The minimum absolute atomic E-state index is 0.0645. The first kappa shape index (κ1) is 20.9. The standard InChI is InChI=1S/C23H24BrFO3/c24-19-11-12-21(25)20(16-19)22(26)15-18(17-7-2-1-3-8-17)9-6-14-28-23-10-4-5-13-27-23/h1-3,7-8,11-12,15-16,23H,4-6,9-10,13-14H2. The molecule has 2 aromatic rings. The number of carbonyl (C=O) groups is 1. The van der Waals surface area contributed by atoms with Crippen molar-refractivity contribution in [1.82, 2.24) is 0 Å². The molecule has 1 aliphatic rings. The Morgan fingerprint density at radius 3 is 2.79 bits per heavy atom. The molecule has 1 atom stereocenters. The van der Waals surface area contributed by atoms with Crippen LogP contribution >= 0.6 is 15.9 Å². The summed E-state index contributed by atoms with van der Waals surface area (Å²) >= 11 is 3.30. The fraction of sp³-hybridized carbons (Fsp3) is 0.348. The second kappa shape index (κ2) is 10.6. The van der Waals surface area contributed by atoms with Gasteiger partial charge in [0.1, 0.15) is 5.82 Å². The van der Waals surface area contributed by atoms with Crippen molar-refractivity contribution in [3.8, 4) is 0 Å². The van der Waals surface area contributed by atoms with Crippen LogP contribution in [0.15, 0.2) is 59.1 Å². The number of allylic oxidation sites excluding steroid dienone is 2. The highest BCUT2D eigenvalue weighted by Crippen LogP contribution is 2.23. The second-order valence-corrected chi connectivity index (χ2v) is 7.71. The number of hydrogen-bond acceptors (Lipinski definition) is 3. The highest BCUT2D eigenvalue weighted by molar-refractivity contribution is 9.10. The van der Waals surface area contributed by atoms with Crippen LogP contribution in [0, 0.1) is 5.82 Å². The lowest BCUT2D eigenvalue weighted by Gasteiger charge is -2.22. The van der Waals surface area contributed by atoms with Crippen LogP contribution in [-0.4, -0.2) is 25.3 Å². The molecule has 1 heterocycles. The largest absolute Gasteiger partial charge is 0.353 e. The lowest BCUT2D eigenvalue weighted by atomic mass is 9.98. The number of halogens is 2. The number of carbonyl (C=O) groups excluding carboxylic acids is 1. The number of ketones is 1. The molecule has 28 heavy (non-hydrogen) atoms. The van der Waals surface area contributed by atoms with Crippen molar-refractivity contribution in [3.63, 3.8) is 0 Å². The summed E-state index contributed by atoms with van der Waals surface area (Å²) in [5.74, 6) is -0.858. The molecule has 2 aromatic carbocycles. The van der Waals surface area contributed by atoms with Gasteiger partial charge >= 0.3 is 0 Å². The van der Waals surface area contributed by atoms with Crippen LogP contribution in [0.1, 0.15) is 48.0 Å². The summed E-state index contributed by atoms with van der Waals surface area (Å²) in [7, 11) is 0. The van der Waals surface area contributed by atoms with E-state index in [1.54, 1.807) is 6.07 Å². The molecule has 3 nitrogen and oxygen atoms in total. The predicted octanol–water partition coefficient (Wildman–Crippen LogP) is 6.18. The summed E-state index contributed by atoms with van der Waals surface area (Å²) in [4.78, 5) is 12.7. The maximum Gasteiger partial charge on any atom is 0.189 e. The maximum absolute atomic E-state index is 14.1. The number of benzene rings is 2. The molecule has 0 radical (unpaired) electrons. The van der Waals surface area contributed by atoms with E-state index in [4.69, 9.17) is 9.47 Å². The van der Waals surface area contributed by atoms with E-state index in [2.05, 4.69) is 15.9 Å². The Bertz CT molecular complexity index is 814. The molecule has 1 fully saturated rings. The Hall–Kier alpha value is -1.82. The van der Waals surface area contributed by atoms with Crippen molar-refractivity contribution < 1.29 is 18.7 Å². The summed E-state index contributed by atoms with van der Waals surface area (Å²) in [5.41, 5.74) is 1.90.